The van der Waals surface area contributed by atoms with Gasteiger partial charge in [-0.3, -0.25) is 0 Å². The summed E-state index contributed by atoms with van der Waals surface area (Å²) in [6.07, 6.45) is 0.835. The van der Waals surface area contributed by atoms with Gasteiger partial charge < -0.3 is 10.6 Å². The Labute approximate surface area is 122 Å². The van der Waals surface area contributed by atoms with Gasteiger partial charge in [0.05, 0.1) is 5.75 Å². The van der Waals surface area contributed by atoms with Crippen molar-refractivity contribution < 1.29 is 8.42 Å². The predicted molar refractivity (Wildman–Crippen MR) is 83.9 cm³/mol. The average Bonchev–Trinajstić information content (AvgIpc) is 2.36. The lowest BCUT2D eigenvalue weighted by Gasteiger charge is -2.21. The van der Waals surface area contributed by atoms with Gasteiger partial charge in [-0.15, -0.1) is 0 Å². The molecule has 0 amide bonds. The van der Waals surface area contributed by atoms with E-state index in [-0.39, 0.29) is 5.75 Å². The summed E-state index contributed by atoms with van der Waals surface area (Å²) in [4.78, 5) is 2.06. The fourth-order valence-corrected chi connectivity index (χ4v) is 3.57. The third-order valence-corrected chi connectivity index (χ3v) is 5.01. The maximum absolute atomic E-state index is 12.4. The largest absolute Gasteiger partial charge is 0.399 e. The molecule has 0 atom stereocenters. The summed E-state index contributed by atoms with van der Waals surface area (Å²) in [7, 11) is 0.708. The second kappa shape index (κ2) is 7.61. The second-order valence-electron chi connectivity index (χ2n) is 5.15. The molecule has 0 saturated heterocycles. The summed E-state index contributed by atoms with van der Waals surface area (Å²) in [6.45, 7) is 3.82. The fraction of sp³-hybridized carbons (Fsp3) is 0.571. The Kier molecular flexibility index (Phi) is 6.45. The van der Waals surface area contributed by atoms with Gasteiger partial charge in [0.2, 0.25) is 10.0 Å². The van der Waals surface area contributed by atoms with Crippen LogP contribution in [0.4, 0.5) is 5.69 Å². The van der Waals surface area contributed by atoms with Crippen LogP contribution in [0.15, 0.2) is 24.3 Å². The normalized spacial score (nSPS) is 12.2. The molecule has 0 aliphatic rings. The quantitative estimate of drug-likeness (QED) is 0.736. The maximum atomic E-state index is 12.4. The van der Waals surface area contributed by atoms with Crippen LogP contribution in [0.5, 0.6) is 0 Å². The lowest BCUT2D eigenvalue weighted by Crippen LogP contribution is -2.34. The lowest BCUT2D eigenvalue weighted by molar-refractivity contribution is 0.356. The first-order valence-corrected chi connectivity index (χ1v) is 8.43. The summed E-state index contributed by atoms with van der Waals surface area (Å²) < 4.78 is 26.3. The van der Waals surface area contributed by atoms with Crippen molar-refractivity contribution in [2.75, 3.05) is 39.5 Å². The minimum Gasteiger partial charge on any atom is -0.399 e. The molecule has 1 rings (SSSR count). The van der Waals surface area contributed by atoms with Gasteiger partial charge in [-0.1, -0.05) is 19.1 Å². The molecule has 114 valence electrons. The van der Waals surface area contributed by atoms with Gasteiger partial charge in [0.25, 0.3) is 0 Å². The van der Waals surface area contributed by atoms with E-state index < -0.39 is 10.0 Å². The Morgan fingerprint density at radius 1 is 1.10 bits per heavy atom. The van der Waals surface area contributed by atoms with Crippen LogP contribution in [0.3, 0.4) is 0 Å². The topological polar surface area (TPSA) is 66.6 Å². The zero-order chi connectivity index (χ0) is 15.2. The van der Waals surface area contributed by atoms with E-state index in [1.165, 1.54) is 0 Å². The summed E-state index contributed by atoms with van der Waals surface area (Å²) in [5, 5.41) is 0. The highest BCUT2D eigenvalue weighted by Crippen LogP contribution is 2.13. The van der Waals surface area contributed by atoms with Crippen LogP contribution < -0.4 is 5.73 Å². The molecule has 0 fully saturated rings. The molecule has 0 bridgehead atoms. The highest BCUT2D eigenvalue weighted by Gasteiger charge is 2.20. The van der Waals surface area contributed by atoms with Crippen LogP contribution in [0.25, 0.3) is 0 Å². The molecular weight excluding hydrogens is 274 g/mol. The van der Waals surface area contributed by atoms with Gasteiger partial charge in [0.15, 0.2) is 0 Å². The van der Waals surface area contributed by atoms with Gasteiger partial charge in [-0.25, -0.2) is 12.7 Å². The Morgan fingerprint density at radius 3 is 2.20 bits per heavy atom. The van der Waals surface area contributed by atoms with Gasteiger partial charge in [0, 0.05) is 18.8 Å². The second-order valence-corrected chi connectivity index (χ2v) is 7.12. The molecule has 0 aliphatic carbocycles. The van der Waals surface area contributed by atoms with E-state index in [1.54, 1.807) is 28.6 Å². The molecule has 6 heteroatoms. The Bertz CT molecular complexity index is 498. The molecule has 0 aliphatic heterocycles. The number of anilines is 1. The molecule has 0 saturated carbocycles. The summed E-state index contributed by atoms with van der Waals surface area (Å²) >= 11 is 0. The smallest absolute Gasteiger partial charge is 0.218 e. The summed E-state index contributed by atoms with van der Waals surface area (Å²) in [5.74, 6) is 0.0308. The molecule has 1 aromatic carbocycles. The van der Waals surface area contributed by atoms with Crippen LogP contribution in [-0.4, -0.2) is 51.4 Å². The molecule has 1 aromatic rings. The van der Waals surface area contributed by atoms with Crippen molar-refractivity contribution in [1.82, 2.24) is 9.21 Å². The molecule has 0 spiro atoms. The minimum atomic E-state index is -3.26. The minimum absolute atomic E-state index is 0.0308. The molecule has 5 nitrogen and oxygen atoms in total. The molecule has 0 radical (unpaired) electrons. The van der Waals surface area contributed by atoms with Crippen molar-refractivity contribution in [2.24, 2.45) is 0 Å². The first-order chi connectivity index (χ1) is 9.35. The number of sulfonamides is 1. The zero-order valence-electron chi connectivity index (χ0n) is 12.5. The van der Waals surface area contributed by atoms with E-state index in [0.29, 0.717) is 18.8 Å². The fourth-order valence-electron chi connectivity index (χ4n) is 1.97. The average molecular weight is 299 g/mol. The van der Waals surface area contributed by atoms with Crippen LogP contribution in [0.2, 0.25) is 0 Å². The van der Waals surface area contributed by atoms with Gasteiger partial charge in [0.1, 0.15) is 0 Å². The van der Waals surface area contributed by atoms with Crippen molar-refractivity contribution in [1.29, 1.82) is 0 Å². The number of nitrogens with two attached hydrogens (primary N) is 1. The van der Waals surface area contributed by atoms with Crippen LogP contribution in [0, 0.1) is 0 Å². The number of hydrogen-bond acceptors (Lipinski definition) is 4. The predicted octanol–water partition coefficient (Wildman–Crippen LogP) is 1.37. The highest BCUT2D eigenvalue weighted by atomic mass is 32.2. The Balaban J connectivity index is 2.66. The number of benzene rings is 1. The van der Waals surface area contributed by atoms with E-state index in [0.717, 1.165) is 18.5 Å². The van der Waals surface area contributed by atoms with Crippen molar-refractivity contribution in [3.05, 3.63) is 29.8 Å². The zero-order valence-corrected chi connectivity index (χ0v) is 13.4. The van der Waals surface area contributed by atoms with Crippen molar-refractivity contribution in [3.8, 4) is 0 Å². The van der Waals surface area contributed by atoms with E-state index in [9.17, 15) is 8.42 Å². The third kappa shape index (κ3) is 5.48. The highest BCUT2D eigenvalue weighted by molar-refractivity contribution is 7.88. The van der Waals surface area contributed by atoms with Crippen molar-refractivity contribution in [2.45, 2.75) is 19.1 Å². The number of nitrogens with zero attached hydrogens (tertiary/aromatic N) is 2. The molecule has 0 aromatic heterocycles. The van der Waals surface area contributed by atoms with Crippen LogP contribution >= 0.6 is 0 Å². The van der Waals surface area contributed by atoms with E-state index >= 15 is 0 Å². The lowest BCUT2D eigenvalue weighted by atomic mass is 10.2. The monoisotopic (exact) mass is 299 g/mol. The number of nitrogen functional groups attached to an aromatic ring is 1. The van der Waals surface area contributed by atoms with E-state index in [2.05, 4.69) is 4.90 Å². The SMILES string of the molecule is CCN(CCCN(C)C)S(=O)(=O)Cc1ccc(N)cc1. The van der Waals surface area contributed by atoms with E-state index in [1.807, 2.05) is 21.0 Å². The Morgan fingerprint density at radius 2 is 1.70 bits per heavy atom. The number of hydrogen-bond donors (Lipinski definition) is 1. The summed E-state index contributed by atoms with van der Waals surface area (Å²) in [5.41, 5.74) is 7.02. The standard InChI is InChI=1S/C14H25N3O2S/c1-4-17(11-5-10-16(2)3)20(18,19)12-13-6-8-14(15)9-7-13/h6-9H,4-5,10-12,15H2,1-3H3. The Hall–Kier alpha value is -1.11. The maximum Gasteiger partial charge on any atom is 0.218 e. The molecule has 20 heavy (non-hydrogen) atoms. The van der Waals surface area contributed by atoms with E-state index in [4.69, 9.17) is 5.73 Å². The summed E-state index contributed by atoms with van der Waals surface area (Å²) in [6, 6.07) is 6.99. The van der Waals surface area contributed by atoms with Crippen LogP contribution in [-0.2, 0) is 15.8 Å². The molecular formula is C14H25N3O2S. The van der Waals surface area contributed by atoms with Crippen molar-refractivity contribution >= 4 is 15.7 Å². The number of rotatable bonds is 8. The third-order valence-electron chi connectivity index (χ3n) is 3.09. The molecule has 2 N–H and O–H groups in total. The first-order valence-electron chi connectivity index (χ1n) is 6.82. The van der Waals surface area contributed by atoms with Gasteiger partial charge >= 0.3 is 0 Å². The van der Waals surface area contributed by atoms with Crippen LogP contribution in [0.1, 0.15) is 18.9 Å². The molecule has 0 heterocycles. The van der Waals surface area contributed by atoms with Crippen molar-refractivity contribution in [3.63, 3.8) is 0 Å². The van der Waals surface area contributed by atoms with Gasteiger partial charge in [-0.05, 0) is 44.8 Å². The first kappa shape index (κ1) is 16.9. The van der Waals surface area contributed by atoms with Gasteiger partial charge in [-0.2, -0.15) is 0 Å². The molecule has 0 unspecified atom stereocenters.